The lowest BCUT2D eigenvalue weighted by atomic mass is 9.91. The number of hydrogen-bond acceptors (Lipinski definition) is 3. The molecule has 0 aliphatic carbocycles. The Hall–Kier alpha value is -7.76. The number of hydrogen-bond donors (Lipinski definition) is 0. The molecule has 0 aliphatic rings. The smallest absolute Gasteiger partial charge is 0.161 e. The van der Waals surface area contributed by atoms with Crippen LogP contribution in [-0.2, 0) is 6.54 Å². The normalized spacial score (nSPS) is 12.1. The number of amidine groups is 2. The van der Waals surface area contributed by atoms with Gasteiger partial charge in [0.2, 0.25) is 0 Å². The van der Waals surface area contributed by atoms with Gasteiger partial charge in [-0.3, -0.25) is 4.99 Å². The number of fused-ring (bicyclic) bond motifs is 6. The molecule has 5 heteroatoms. The van der Waals surface area contributed by atoms with E-state index in [9.17, 15) is 0 Å². The van der Waals surface area contributed by atoms with E-state index in [0.717, 1.165) is 93.8 Å². The van der Waals surface area contributed by atoms with E-state index in [1.54, 1.807) is 0 Å². The molecule has 10 aromatic rings. The molecule has 10 rings (SSSR count). The monoisotopic (exact) mass is 744 g/mol. The third kappa shape index (κ3) is 6.65. The first-order valence-corrected chi connectivity index (χ1v) is 19.3. The van der Waals surface area contributed by atoms with Crippen LogP contribution in [0.2, 0.25) is 0 Å². The molecule has 0 unspecified atom stereocenters. The predicted molar refractivity (Wildman–Crippen MR) is 242 cm³/mol. The van der Waals surface area contributed by atoms with Gasteiger partial charge < -0.3 is 4.42 Å². The molecule has 5 nitrogen and oxygen atoms in total. The molecule has 0 fully saturated rings. The number of rotatable bonds is 7. The molecule has 0 bridgehead atoms. The summed E-state index contributed by atoms with van der Waals surface area (Å²) in [7, 11) is 0. The first-order valence-electron chi connectivity index (χ1n) is 19.3. The first kappa shape index (κ1) is 34.7. The summed E-state index contributed by atoms with van der Waals surface area (Å²) in [5.74, 6) is 1.05. The highest BCUT2D eigenvalue weighted by Crippen LogP contribution is 2.40. The van der Waals surface area contributed by atoms with Gasteiger partial charge in [-0.05, 0) is 93.8 Å². The molecule has 2 aromatic heterocycles. The predicted octanol–water partition coefficient (Wildman–Crippen LogP) is 13.4. The summed E-state index contributed by atoms with van der Waals surface area (Å²) >= 11 is 0. The van der Waals surface area contributed by atoms with Crippen molar-refractivity contribution in [2.45, 2.75) is 6.54 Å². The quantitative estimate of drug-likeness (QED) is 0.0926. The van der Waals surface area contributed by atoms with Crippen molar-refractivity contribution in [3.8, 4) is 33.5 Å². The van der Waals surface area contributed by atoms with Gasteiger partial charge in [-0.1, -0.05) is 146 Å². The summed E-state index contributed by atoms with van der Waals surface area (Å²) in [6.07, 6.45) is 0. The van der Waals surface area contributed by atoms with Crippen LogP contribution in [0.15, 0.2) is 214 Å². The lowest BCUT2D eigenvalue weighted by Crippen LogP contribution is -2.06. The summed E-state index contributed by atoms with van der Waals surface area (Å²) in [5.41, 5.74) is 11.5. The van der Waals surface area contributed by atoms with Gasteiger partial charge in [0.1, 0.15) is 11.2 Å². The third-order valence-electron chi connectivity index (χ3n) is 10.6. The largest absolute Gasteiger partial charge is 0.456 e. The van der Waals surface area contributed by atoms with Crippen molar-refractivity contribution in [2.24, 2.45) is 15.0 Å². The van der Waals surface area contributed by atoms with Gasteiger partial charge in [0.05, 0.1) is 17.8 Å². The van der Waals surface area contributed by atoms with Gasteiger partial charge in [0, 0.05) is 32.8 Å². The van der Waals surface area contributed by atoms with Crippen molar-refractivity contribution in [2.75, 3.05) is 0 Å². The molecule has 58 heavy (non-hydrogen) atoms. The Labute approximate surface area is 336 Å². The highest BCUT2D eigenvalue weighted by molar-refractivity contribution is 6.16. The molecule has 0 saturated carbocycles. The number of nitrogens with zero attached hydrogens (tertiary/aromatic N) is 4. The second kappa shape index (κ2) is 15.1. The van der Waals surface area contributed by atoms with Crippen LogP contribution < -0.4 is 0 Å². The third-order valence-corrected chi connectivity index (χ3v) is 10.6. The average Bonchev–Trinajstić information content (AvgIpc) is 3.67. The van der Waals surface area contributed by atoms with Gasteiger partial charge in [0.25, 0.3) is 0 Å². The van der Waals surface area contributed by atoms with Gasteiger partial charge >= 0.3 is 0 Å². The second-order valence-corrected chi connectivity index (χ2v) is 14.3. The molecule has 0 amide bonds. The van der Waals surface area contributed by atoms with Crippen LogP contribution in [0.4, 0.5) is 0 Å². The van der Waals surface area contributed by atoms with E-state index in [2.05, 4.69) is 139 Å². The SMILES string of the molecule is C=N/C(=N\C(=N/Cc1ccccc1)c1cc(-c2ccc3oc4ccccc4c3c2)cc(-c2cc(-c3ccccc3)nc3ccc4ccccc4c23)c1)c1ccccc1. The summed E-state index contributed by atoms with van der Waals surface area (Å²) in [6.45, 7) is 4.37. The molecule has 2 heterocycles. The maximum absolute atomic E-state index is 6.25. The van der Waals surface area contributed by atoms with Gasteiger partial charge in [-0.2, -0.15) is 0 Å². The van der Waals surface area contributed by atoms with Crippen molar-refractivity contribution >= 4 is 62.0 Å². The van der Waals surface area contributed by atoms with E-state index >= 15 is 0 Å². The summed E-state index contributed by atoms with van der Waals surface area (Å²) in [5, 5.41) is 5.51. The van der Waals surface area contributed by atoms with Crippen LogP contribution >= 0.6 is 0 Å². The molecule has 0 saturated heterocycles. The second-order valence-electron chi connectivity index (χ2n) is 14.3. The number of benzene rings is 8. The van der Waals surface area contributed by atoms with Crippen molar-refractivity contribution < 1.29 is 4.42 Å². The molecular weight excluding hydrogens is 709 g/mol. The Morgan fingerprint density at radius 3 is 2.00 bits per heavy atom. The summed E-state index contributed by atoms with van der Waals surface area (Å²) in [4.78, 5) is 20.1. The zero-order valence-corrected chi connectivity index (χ0v) is 31.6. The Kier molecular flexibility index (Phi) is 9.01. The van der Waals surface area contributed by atoms with Crippen LogP contribution in [0.3, 0.4) is 0 Å². The molecule has 0 atom stereocenters. The zero-order valence-electron chi connectivity index (χ0n) is 31.6. The van der Waals surface area contributed by atoms with Gasteiger partial charge in [0.15, 0.2) is 11.7 Å². The van der Waals surface area contributed by atoms with Crippen LogP contribution in [0, 0.1) is 0 Å². The minimum absolute atomic E-state index is 0.437. The van der Waals surface area contributed by atoms with Crippen molar-refractivity contribution in [1.29, 1.82) is 0 Å². The number of aliphatic imine (C=N–C) groups is 3. The van der Waals surface area contributed by atoms with E-state index in [1.165, 1.54) is 0 Å². The van der Waals surface area contributed by atoms with Crippen molar-refractivity contribution in [1.82, 2.24) is 4.98 Å². The Bertz CT molecular complexity index is 3200. The fourth-order valence-electron chi connectivity index (χ4n) is 7.80. The molecule has 274 valence electrons. The fraction of sp³-hybridized carbons (Fsp3) is 0.0189. The maximum atomic E-state index is 6.25. The Morgan fingerprint density at radius 2 is 1.19 bits per heavy atom. The van der Waals surface area contributed by atoms with Gasteiger partial charge in [-0.25, -0.2) is 15.0 Å². The minimum atomic E-state index is 0.437. The van der Waals surface area contributed by atoms with E-state index in [1.807, 2.05) is 66.7 Å². The topological polar surface area (TPSA) is 63.1 Å². The van der Waals surface area contributed by atoms with Crippen molar-refractivity contribution in [3.05, 3.63) is 211 Å². The molecule has 0 radical (unpaired) electrons. The van der Waals surface area contributed by atoms with E-state index in [-0.39, 0.29) is 0 Å². The van der Waals surface area contributed by atoms with E-state index in [0.29, 0.717) is 18.2 Å². The van der Waals surface area contributed by atoms with Crippen LogP contribution in [0.25, 0.3) is 77.1 Å². The number of pyridine rings is 1. The van der Waals surface area contributed by atoms with Crippen LogP contribution in [0.1, 0.15) is 16.7 Å². The summed E-state index contributed by atoms with van der Waals surface area (Å²) in [6, 6.07) is 66.9. The average molecular weight is 745 g/mol. The molecular formula is C53H36N4O. The standard InChI is InChI=1S/C53H36N4O/c1-54-52(38-20-9-4-10-21-38)57-53(55-34-35-15-5-2-6-16-35)42-30-40(39-26-28-50-46(32-39)44-23-13-14-24-49(44)58-50)29-41(31-42)45-33-48(37-18-7-3-8-19-37)56-47-27-25-36-17-11-12-22-43(36)51(45)47/h2-33H,1,34H2/b55-53-,57-52-. The van der Waals surface area contributed by atoms with Crippen LogP contribution in [-0.4, -0.2) is 23.4 Å². The molecule has 0 N–H and O–H groups in total. The summed E-state index contributed by atoms with van der Waals surface area (Å²) < 4.78 is 6.25. The zero-order chi connectivity index (χ0) is 38.8. The highest BCUT2D eigenvalue weighted by Gasteiger charge is 2.18. The molecule has 0 aliphatic heterocycles. The lowest BCUT2D eigenvalue weighted by molar-refractivity contribution is 0.669. The Morgan fingerprint density at radius 1 is 0.500 bits per heavy atom. The van der Waals surface area contributed by atoms with E-state index < -0.39 is 0 Å². The molecule has 8 aromatic carbocycles. The highest BCUT2D eigenvalue weighted by atomic mass is 16.3. The van der Waals surface area contributed by atoms with Crippen LogP contribution in [0.5, 0.6) is 0 Å². The maximum Gasteiger partial charge on any atom is 0.161 e. The first-order chi connectivity index (χ1) is 28.7. The van der Waals surface area contributed by atoms with Gasteiger partial charge in [-0.15, -0.1) is 0 Å². The fourth-order valence-corrected chi connectivity index (χ4v) is 7.80. The lowest BCUT2D eigenvalue weighted by Gasteiger charge is -2.16. The van der Waals surface area contributed by atoms with E-state index in [4.69, 9.17) is 19.4 Å². The number of aromatic nitrogens is 1. The Balaban J connectivity index is 1.27. The van der Waals surface area contributed by atoms with Crippen molar-refractivity contribution in [3.63, 3.8) is 0 Å². The molecule has 0 spiro atoms. The number of furan rings is 1. The minimum Gasteiger partial charge on any atom is -0.456 e. The number of para-hydroxylation sites is 1.